The fourth-order valence-electron chi connectivity index (χ4n) is 3.14. The van der Waals surface area contributed by atoms with Gasteiger partial charge >= 0.3 is 6.03 Å². The second-order valence-corrected chi connectivity index (χ2v) is 6.56. The van der Waals surface area contributed by atoms with E-state index in [9.17, 15) is 9.59 Å². The van der Waals surface area contributed by atoms with Crippen LogP contribution in [0.5, 0.6) is 11.5 Å². The van der Waals surface area contributed by atoms with Crippen LogP contribution in [-0.2, 0) is 4.79 Å². The second kappa shape index (κ2) is 9.12. The maximum atomic E-state index is 12.3. The zero-order valence-corrected chi connectivity index (χ0v) is 16.1. The molecule has 2 aromatic carbocycles. The Morgan fingerprint density at radius 2 is 1.79 bits per heavy atom. The van der Waals surface area contributed by atoms with E-state index in [-0.39, 0.29) is 17.9 Å². The Hall–Kier alpha value is -3.22. The van der Waals surface area contributed by atoms with Crippen molar-refractivity contribution in [1.82, 2.24) is 5.32 Å². The number of benzene rings is 2. The summed E-state index contributed by atoms with van der Waals surface area (Å²) in [5, 5.41) is 5.63. The van der Waals surface area contributed by atoms with Crippen molar-refractivity contribution < 1.29 is 19.1 Å². The van der Waals surface area contributed by atoms with Crippen molar-refractivity contribution in [3.63, 3.8) is 0 Å². The molecule has 3 amide bonds. The lowest BCUT2D eigenvalue weighted by atomic mass is 10.1. The highest BCUT2D eigenvalue weighted by molar-refractivity contribution is 5.96. The lowest BCUT2D eigenvalue weighted by Gasteiger charge is -2.17. The molecule has 1 fully saturated rings. The summed E-state index contributed by atoms with van der Waals surface area (Å²) in [6, 6.07) is 14.3. The molecule has 0 aromatic heterocycles. The summed E-state index contributed by atoms with van der Waals surface area (Å²) in [5.74, 6) is 1.64. The second-order valence-electron chi connectivity index (χ2n) is 6.56. The van der Waals surface area contributed by atoms with Gasteiger partial charge in [-0.2, -0.15) is 0 Å². The van der Waals surface area contributed by atoms with E-state index in [2.05, 4.69) is 10.6 Å². The lowest BCUT2D eigenvalue weighted by molar-refractivity contribution is -0.117. The first-order valence-corrected chi connectivity index (χ1v) is 9.31. The zero-order valence-electron chi connectivity index (χ0n) is 16.1. The summed E-state index contributed by atoms with van der Waals surface area (Å²) in [6.45, 7) is 3.53. The highest BCUT2D eigenvalue weighted by Gasteiger charge is 2.30. The number of hydrogen-bond donors (Lipinski definition) is 2. The number of rotatable bonds is 7. The number of methoxy groups -OCH3 is 1. The van der Waals surface area contributed by atoms with Gasteiger partial charge in [-0.05, 0) is 55.5 Å². The van der Waals surface area contributed by atoms with Gasteiger partial charge in [0.25, 0.3) is 0 Å². The molecule has 1 saturated heterocycles. The van der Waals surface area contributed by atoms with Crippen LogP contribution in [0.4, 0.5) is 16.2 Å². The number of carbonyl (C=O) groups excluding carboxylic acids is 2. The third-order valence-electron chi connectivity index (χ3n) is 4.56. The van der Waals surface area contributed by atoms with Crippen molar-refractivity contribution in [3.8, 4) is 11.5 Å². The van der Waals surface area contributed by atoms with Gasteiger partial charge in [0.05, 0.1) is 13.7 Å². The molecule has 3 rings (SSSR count). The summed E-state index contributed by atoms with van der Waals surface area (Å²) >= 11 is 0. The van der Waals surface area contributed by atoms with E-state index >= 15 is 0 Å². The number of nitrogens with one attached hydrogen (secondary N) is 2. The van der Waals surface area contributed by atoms with E-state index < -0.39 is 0 Å². The summed E-state index contributed by atoms with van der Waals surface area (Å²) in [6.07, 6.45) is 0.412. The van der Waals surface area contributed by atoms with Crippen LogP contribution in [0, 0.1) is 5.92 Å². The molecule has 1 atom stereocenters. The number of ether oxygens (including phenoxy) is 2. The predicted molar refractivity (Wildman–Crippen MR) is 108 cm³/mol. The molecule has 0 bridgehead atoms. The molecule has 1 heterocycles. The van der Waals surface area contributed by atoms with E-state index in [1.165, 1.54) is 0 Å². The summed E-state index contributed by atoms with van der Waals surface area (Å²) < 4.78 is 10.5. The van der Waals surface area contributed by atoms with Gasteiger partial charge in [-0.15, -0.1) is 0 Å². The molecule has 0 aliphatic carbocycles. The summed E-state index contributed by atoms with van der Waals surface area (Å²) in [7, 11) is 1.61. The number of hydrogen-bond acceptors (Lipinski definition) is 4. The van der Waals surface area contributed by atoms with Gasteiger partial charge in [0.15, 0.2) is 0 Å². The van der Waals surface area contributed by atoms with Gasteiger partial charge < -0.3 is 25.0 Å². The highest BCUT2D eigenvalue weighted by atomic mass is 16.5. The molecule has 7 nitrogen and oxygen atoms in total. The zero-order chi connectivity index (χ0) is 19.9. The largest absolute Gasteiger partial charge is 0.497 e. The van der Waals surface area contributed by atoms with Gasteiger partial charge in [0.1, 0.15) is 11.5 Å². The summed E-state index contributed by atoms with van der Waals surface area (Å²) in [4.78, 5) is 26.2. The third kappa shape index (κ3) is 4.94. The van der Waals surface area contributed by atoms with Crippen molar-refractivity contribution in [1.29, 1.82) is 0 Å². The Morgan fingerprint density at radius 3 is 2.43 bits per heavy atom. The van der Waals surface area contributed by atoms with Crippen molar-refractivity contribution in [2.24, 2.45) is 5.92 Å². The van der Waals surface area contributed by atoms with E-state index in [1.807, 2.05) is 43.3 Å². The number of anilines is 2. The van der Waals surface area contributed by atoms with Crippen LogP contribution in [0.3, 0.4) is 0 Å². The minimum absolute atomic E-state index is 0.0592. The smallest absolute Gasteiger partial charge is 0.319 e. The van der Waals surface area contributed by atoms with Gasteiger partial charge in [-0.25, -0.2) is 4.79 Å². The standard InChI is InChI=1S/C21H25N3O4/c1-3-28-19-8-4-16(5-9-19)23-21(26)22-13-15-12-20(25)24(14-15)17-6-10-18(27-2)11-7-17/h4-11,15H,3,12-14H2,1-2H3,(H2,22,23,26)/t15-/m0/s1. The topological polar surface area (TPSA) is 79.9 Å². The molecule has 1 aliphatic rings. The minimum Gasteiger partial charge on any atom is -0.497 e. The van der Waals surface area contributed by atoms with Crippen LogP contribution >= 0.6 is 0 Å². The van der Waals surface area contributed by atoms with Crippen molar-refractivity contribution in [2.75, 3.05) is 37.0 Å². The van der Waals surface area contributed by atoms with Crippen molar-refractivity contribution in [2.45, 2.75) is 13.3 Å². The molecule has 0 radical (unpaired) electrons. The number of nitrogens with zero attached hydrogens (tertiary/aromatic N) is 1. The minimum atomic E-state index is -0.292. The van der Waals surface area contributed by atoms with Crippen molar-refractivity contribution >= 4 is 23.3 Å². The van der Waals surface area contributed by atoms with Crippen LogP contribution in [0.25, 0.3) is 0 Å². The van der Waals surface area contributed by atoms with E-state index in [4.69, 9.17) is 9.47 Å². The van der Waals surface area contributed by atoms with Crippen LogP contribution in [-0.4, -0.2) is 38.7 Å². The number of urea groups is 1. The number of amides is 3. The monoisotopic (exact) mass is 383 g/mol. The molecule has 0 saturated carbocycles. The molecule has 1 aliphatic heterocycles. The molecule has 148 valence electrons. The highest BCUT2D eigenvalue weighted by Crippen LogP contribution is 2.26. The Morgan fingerprint density at radius 1 is 1.11 bits per heavy atom. The van der Waals surface area contributed by atoms with Crippen LogP contribution < -0.4 is 25.0 Å². The first-order valence-electron chi connectivity index (χ1n) is 9.31. The lowest BCUT2D eigenvalue weighted by Crippen LogP contribution is -2.34. The fraction of sp³-hybridized carbons (Fsp3) is 0.333. The van der Waals surface area contributed by atoms with Crippen LogP contribution in [0.1, 0.15) is 13.3 Å². The average molecular weight is 383 g/mol. The van der Waals surface area contributed by atoms with Gasteiger partial charge in [-0.3, -0.25) is 4.79 Å². The molecular formula is C21H25N3O4. The molecule has 0 unspecified atom stereocenters. The van der Waals surface area contributed by atoms with E-state index in [0.29, 0.717) is 31.8 Å². The SMILES string of the molecule is CCOc1ccc(NC(=O)NC[C@@H]2CC(=O)N(c3ccc(OC)cc3)C2)cc1. The fourth-order valence-corrected chi connectivity index (χ4v) is 3.14. The van der Waals surface area contributed by atoms with Gasteiger partial charge in [0, 0.05) is 36.8 Å². The Labute approximate surface area is 164 Å². The maximum absolute atomic E-state index is 12.3. The average Bonchev–Trinajstić information content (AvgIpc) is 3.09. The number of carbonyl (C=O) groups is 2. The Kier molecular flexibility index (Phi) is 6.37. The molecule has 2 aromatic rings. The molecule has 0 spiro atoms. The maximum Gasteiger partial charge on any atom is 0.319 e. The molecule has 7 heteroatoms. The van der Waals surface area contributed by atoms with Gasteiger partial charge in [-0.1, -0.05) is 0 Å². The van der Waals surface area contributed by atoms with E-state index in [0.717, 1.165) is 17.2 Å². The molecule has 28 heavy (non-hydrogen) atoms. The third-order valence-corrected chi connectivity index (χ3v) is 4.56. The predicted octanol–water partition coefficient (Wildman–Crippen LogP) is 3.27. The van der Waals surface area contributed by atoms with Crippen LogP contribution in [0.2, 0.25) is 0 Å². The Bertz CT molecular complexity index is 805. The quantitative estimate of drug-likeness (QED) is 0.769. The first-order chi connectivity index (χ1) is 13.6. The van der Waals surface area contributed by atoms with E-state index in [1.54, 1.807) is 24.1 Å². The van der Waals surface area contributed by atoms with Crippen LogP contribution in [0.15, 0.2) is 48.5 Å². The van der Waals surface area contributed by atoms with Crippen molar-refractivity contribution in [3.05, 3.63) is 48.5 Å². The molecular weight excluding hydrogens is 358 g/mol. The Balaban J connectivity index is 1.47. The first kappa shape index (κ1) is 19.5. The normalized spacial score (nSPS) is 16.0. The molecule has 2 N–H and O–H groups in total. The van der Waals surface area contributed by atoms with Gasteiger partial charge in [0.2, 0.25) is 5.91 Å². The summed E-state index contributed by atoms with van der Waals surface area (Å²) in [5.41, 5.74) is 1.52.